The van der Waals surface area contributed by atoms with Gasteiger partial charge in [0.15, 0.2) is 0 Å². The molecule has 3 heterocycles. The fraction of sp³-hybridized carbons (Fsp3) is 0.611. The van der Waals surface area contributed by atoms with Gasteiger partial charge in [-0.15, -0.1) is 0 Å². The second-order valence-electron chi connectivity index (χ2n) is 7.23. The molecule has 1 aliphatic carbocycles. The molecule has 7 nitrogen and oxygen atoms in total. The van der Waals surface area contributed by atoms with Crippen LogP contribution in [-0.4, -0.2) is 38.0 Å². The molecular formula is C18H26N6O. The maximum Gasteiger partial charge on any atom is 0.237 e. The summed E-state index contributed by atoms with van der Waals surface area (Å²) in [5.74, 6) is 1.04. The van der Waals surface area contributed by atoms with E-state index in [4.69, 9.17) is 0 Å². The number of carbonyl (C=O) groups is 1. The maximum absolute atomic E-state index is 12.7. The number of fused-ring (bicyclic) bond motifs is 2. The van der Waals surface area contributed by atoms with Gasteiger partial charge < -0.3 is 14.9 Å². The molecule has 1 fully saturated rings. The minimum Gasteiger partial charge on any atom is -0.353 e. The molecule has 1 aliphatic heterocycles. The summed E-state index contributed by atoms with van der Waals surface area (Å²) in [6.45, 7) is 3.32. The van der Waals surface area contributed by atoms with Gasteiger partial charge in [0.25, 0.3) is 0 Å². The first-order valence-electron chi connectivity index (χ1n) is 9.24. The van der Waals surface area contributed by atoms with Gasteiger partial charge in [-0.2, -0.15) is 0 Å². The molecule has 3 N–H and O–H groups in total. The van der Waals surface area contributed by atoms with Crippen LogP contribution in [0.4, 0.5) is 0 Å². The van der Waals surface area contributed by atoms with Gasteiger partial charge in [-0.25, -0.2) is 9.97 Å². The van der Waals surface area contributed by atoms with Gasteiger partial charge in [0.1, 0.15) is 5.82 Å². The molecule has 1 amide bonds. The zero-order valence-corrected chi connectivity index (χ0v) is 14.7. The summed E-state index contributed by atoms with van der Waals surface area (Å²) in [4.78, 5) is 24.8. The van der Waals surface area contributed by atoms with E-state index in [1.807, 2.05) is 17.7 Å². The van der Waals surface area contributed by atoms with E-state index >= 15 is 0 Å². The Kier molecular flexibility index (Phi) is 4.33. The summed E-state index contributed by atoms with van der Waals surface area (Å²) >= 11 is 0. The number of imidazole rings is 2. The van der Waals surface area contributed by atoms with E-state index in [2.05, 4.69) is 25.6 Å². The van der Waals surface area contributed by atoms with Gasteiger partial charge in [-0.3, -0.25) is 10.1 Å². The zero-order chi connectivity index (χ0) is 17.3. The van der Waals surface area contributed by atoms with E-state index in [1.54, 1.807) is 12.5 Å². The van der Waals surface area contributed by atoms with E-state index in [0.717, 1.165) is 36.6 Å². The minimum atomic E-state index is -0.199. The van der Waals surface area contributed by atoms with Crippen molar-refractivity contribution >= 4 is 5.91 Å². The molecular weight excluding hydrogens is 316 g/mol. The van der Waals surface area contributed by atoms with Crippen molar-refractivity contribution in [3.63, 3.8) is 0 Å². The van der Waals surface area contributed by atoms with E-state index < -0.39 is 0 Å². The summed E-state index contributed by atoms with van der Waals surface area (Å²) in [6.07, 6.45) is 11.9. The van der Waals surface area contributed by atoms with Crippen LogP contribution in [-0.2, 0) is 23.3 Å². The van der Waals surface area contributed by atoms with Crippen molar-refractivity contribution in [3.8, 4) is 0 Å². The molecule has 4 rings (SSSR count). The molecule has 0 bridgehead atoms. The Morgan fingerprint density at radius 3 is 2.96 bits per heavy atom. The van der Waals surface area contributed by atoms with Gasteiger partial charge in [0, 0.05) is 37.6 Å². The van der Waals surface area contributed by atoms with Crippen molar-refractivity contribution in [2.45, 2.75) is 63.6 Å². The van der Waals surface area contributed by atoms with Crippen molar-refractivity contribution < 1.29 is 4.79 Å². The lowest BCUT2D eigenvalue weighted by atomic mass is 9.75. The van der Waals surface area contributed by atoms with Crippen LogP contribution < -0.4 is 10.6 Å². The first-order valence-corrected chi connectivity index (χ1v) is 9.24. The highest BCUT2D eigenvalue weighted by molar-refractivity contribution is 5.82. The van der Waals surface area contributed by atoms with Gasteiger partial charge in [-0.1, -0.05) is 19.3 Å². The van der Waals surface area contributed by atoms with Crippen LogP contribution >= 0.6 is 0 Å². The number of rotatable bonds is 4. The standard InChI is InChI=1S/C18H26N6O/c1-13-19-7-9-24(13)10-8-20-17(25)15-11-14-16(22-12-21-14)18(23-15)5-3-2-4-6-18/h7,9,12,15,23H,2-6,8,10-11H2,1H3,(H,20,25)(H,21,22)/t15-/m0/s1. The van der Waals surface area contributed by atoms with Crippen molar-refractivity contribution in [3.05, 3.63) is 35.9 Å². The van der Waals surface area contributed by atoms with Gasteiger partial charge in [-0.05, 0) is 19.8 Å². The minimum absolute atomic E-state index is 0.0722. The zero-order valence-electron chi connectivity index (χ0n) is 14.7. The molecule has 0 radical (unpaired) electrons. The second kappa shape index (κ2) is 6.63. The Morgan fingerprint density at radius 2 is 2.20 bits per heavy atom. The van der Waals surface area contributed by atoms with Gasteiger partial charge in [0.2, 0.25) is 5.91 Å². The SMILES string of the molecule is Cc1nccn1CCNC(=O)[C@@H]1Cc2[nH]cnc2C2(CCCCC2)N1. The van der Waals surface area contributed by atoms with E-state index in [9.17, 15) is 4.79 Å². The number of aromatic amines is 1. The number of carbonyl (C=O) groups excluding carboxylic acids is 1. The monoisotopic (exact) mass is 342 g/mol. The fourth-order valence-electron chi connectivity index (χ4n) is 4.30. The highest BCUT2D eigenvalue weighted by Crippen LogP contribution is 2.40. The molecule has 1 spiro atoms. The predicted molar refractivity (Wildman–Crippen MR) is 94.0 cm³/mol. The Balaban J connectivity index is 1.42. The molecule has 0 aromatic carbocycles. The molecule has 0 saturated heterocycles. The van der Waals surface area contributed by atoms with E-state index in [0.29, 0.717) is 13.0 Å². The van der Waals surface area contributed by atoms with Gasteiger partial charge >= 0.3 is 0 Å². The number of nitrogens with zero attached hydrogens (tertiary/aromatic N) is 3. The molecule has 2 aromatic rings. The van der Waals surface area contributed by atoms with Crippen molar-refractivity contribution in [1.29, 1.82) is 0 Å². The second-order valence-corrected chi connectivity index (χ2v) is 7.23. The van der Waals surface area contributed by atoms with Crippen molar-refractivity contribution in [2.75, 3.05) is 6.54 Å². The van der Waals surface area contributed by atoms with E-state index in [1.165, 1.54) is 19.3 Å². The highest BCUT2D eigenvalue weighted by Gasteiger charge is 2.44. The van der Waals surface area contributed by atoms with Crippen LogP contribution in [0.2, 0.25) is 0 Å². The largest absolute Gasteiger partial charge is 0.353 e. The van der Waals surface area contributed by atoms with Gasteiger partial charge in [0.05, 0.1) is 23.6 Å². The summed E-state index contributed by atoms with van der Waals surface area (Å²) in [6, 6.07) is -0.199. The van der Waals surface area contributed by atoms with Crippen molar-refractivity contribution in [2.24, 2.45) is 0 Å². The molecule has 134 valence electrons. The van der Waals surface area contributed by atoms with Crippen LogP contribution in [0.5, 0.6) is 0 Å². The summed E-state index contributed by atoms with van der Waals surface area (Å²) in [5.41, 5.74) is 2.12. The molecule has 1 atom stereocenters. The quantitative estimate of drug-likeness (QED) is 0.784. The predicted octanol–water partition coefficient (Wildman–Crippen LogP) is 1.40. The van der Waals surface area contributed by atoms with Crippen molar-refractivity contribution in [1.82, 2.24) is 30.2 Å². The number of H-pyrrole nitrogens is 1. The Bertz CT molecular complexity index is 742. The molecule has 7 heteroatoms. The fourth-order valence-corrected chi connectivity index (χ4v) is 4.30. The number of hydrogen-bond acceptors (Lipinski definition) is 4. The normalized spacial score (nSPS) is 21.9. The topological polar surface area (TPSA) is 87.6 Å². The first-order chi connectivity index (χ1) is 12.2. The average molecular weight is 342 g/mol. The van der Waals surface area contributed by atoms with Crippen LogP contribution in [0.15, 0.2) is 18.7 Å². The van der Waals surface area contributed by atoms with Crippen LogP contribution in [0.25, 0.3) is 0 Å². The van der Waals surface area contributed by atoms with Crippen LogP contribution in [0.3, 0.4) is 0 Å². The summed E-state index contributed by atoms with van der Waals surface area (Å²) in [5, 5.41) is 6.73. The number of hydrogen-bond donors (Lipinski definition) is 3. The highest BCUT2D eigenvalue weighted by atomic mass is 16.2. The average Bonchev–Trinajstić information content (AvgIpc) is 3.25. The number of aryl methyl sites for hydroxylation is 1. The summed E-state index contributed by atoms with van der Waals surface area (Å²) < 4.78 is 2.05. The maximum atomic E-state index is 12.7. The third-order valence-corrected chi connectivity index (χ3v) is 5.63. The lowest BCUT2D eigenvalue weighted by Crippen LogP contribution is -2.59. The Labute approximate surface area is 147 Å². The molecule has 2 aliphatic rings. The molecule has 1 saturated carbocycles. The lowest BCUT2D eigenvalue weighted by Gasteiger charge is -2.43. The van der Waals surface area contributed by atoms with E-state index in [-0.39, 0.29) is 17.5 Å². The molecule has 25 heavy (non-hydrogen) atoms. The molecule has 2 aromatic heterocycles. The van der Waals surface area contributed by atoms with Crippen LogP contribution in [0, 0.1) is 6.92 Å². The third kappa shape index (κ3) is 3.08. The number of nitrogens with one attached hydrogen (secondary N) is 3. The number of amides is 1. The molecule has 0 unspecified atom stereocenters. The van der Waals surface area contributed by atoms with Crippen LogP contribution in [0.1, 0.15) is 49.3 Å². The third-order valence-electron chi connectivity index (χ3n) is 5.63. The first kappa shape index (κ1) is 16.3. The smallest absolute Gasteiger partial charge is 0.237 e. The summed E-state index contributed by atoms with van der Waals surface area (Å²) in [7, 11) is 0. The lowest BCUT2D eigenvalue weighted by molar-refractivity contribution is -0.124. The number of aromatic nitrogens is 4. The Morgan fingerprint density at radius 1 is 1.36 bits per heavy atom. The Hall–Kier alpha value is -2.15.